The molecule has 4 aliphatic rings. The Labute approximate surface area is 483 Å². The quantitative estimate of drug-likeness (QED) is 0.0445. The molecular weight excluding hydrogens is 1090 g/mol. The summed E-state index contributed by atoms with van der Waals surface area (Å²) in [6, 6.07) is 45.4. The molecule has 0 spiro atoms. The molecule has 434 valence electrons. The van der Waals surface area contributed by atoms with Crippen molar-refractivity contribution in [1.82, 2.24) is 0 Å². The fourth-order valence-corrected chi connectivity index (χ4v) is 13.4. The Kier molecular flexibility index (Phi) is 17.9. The highest BCUT2D eigenvalue weighted by atomic mass is 19.4. The number of nitro benzene ring substituents is 2. The van der Waals surface area contributed by atoms with Crippen LogP contribution in [0.15, 0.2) is 181 Å². The Morgan fingerprint density at radius 1 is 0.512 bits per heavy atom. The zero-order chi connectivity index (χ0) is 59.4. The smallest absolute Gasteiger partial charge is 0.762 e. The standard InChI is InChI=1S/C64H62N6O4.2BF3.2FH/c1-61(2)55(67(9)53-35-31-43-29-33-45(69(71)72)37-47(43)59(53)61)21-15-23-57-63(5,49-17-11-13-19-51(49)65(57)7)39-41-25-27-42(28-26-41)40-64(6)50-18-12-14-20-52(50)66(8)58(64)24-16-22-56-62(3,4)60-48-38-46(70(73)74)34-30-44(48)32-36-54(60)68(56)10;2*2-1(3)4;;/h11-38H,39-40H2,1-10H3;;;2*1H/q+2;;;;/p-2. The van der Waals surface area contributed by atoms with Gasteiger partial charge in [-0.05, 0) is 147 Å². The first kappa shape index (κ1) is 62.9. The van der Waals surface area contributed by atoms with Gasteiger partial charge in [-0.3, -0.25) is 46.1 Å². The van der Waals surface area contributed by atoms with Gasteiger partial charge in [0, 0.05) is 107 Å². The van der Waals surface area contributed by atoms with Crippen molar-refractivity contribution in [2.45, 2.75) is 76.0 Å². The highest BCUT2D eigenvalue weighted by Crippen LogP contribution is 2.52. The van der Waals surface area contributed by atoms with E-state index in [-0.39, 0.29) is 41.5 Å². The molecule has 2 unspecified atom stereocenters. The summed E-state index contributed by atoms with van der Waals surface area (Å²) in [5.41, 5.74) is 15.3. The molecule has 0 fully saturated rings. The minimum Gasteiger partial charge on any atom is -1.00 e. The van der Waals surface area contributed by atoms with Crippen molar-refractivity contribution in [3.05, 3.63) is 235 Å². The molecule has 0 aromatic heterocycles. The number of anilines is 2. The molecule has 7 aromatic rings. The summed E-state index contributed by atoms with van der Waals surface area (Å²) in [6.07, 6.45) is 15.0. The monoisotopic (exact) mass is 1150 g/mol. The predicted octanol–water partition coefficient (Wildman–Crippen LogP) is 9.77. The van der Waals surface area contributed by atoms with E-state index >= 15 is 0 Å². The van der Waals surface area contributed by atoms with Gasteiger partial charge in [0.15, 0.2) is 11.4 Å². The molecule has 0 radical (unpaired) electrons. The fourth-order valence-electron chi connectivity index (χ4n) is 13.4. The van der Waals surface area contributed by atoms with Crippen LogP contribution in [0.4, 0.5) is 60.0 Å². The summed E-state index contributed by atoms with van der Waals surface area (Å²) >= 11 is 0. The number of hydrogen-bond acceptors (Lipinski definition) is 6. The third-order valence-corrected chi connectivity index (χ3v) is 17.1. The minimum absolute atomic E-state index is 0. The van der Waals surface area contributed by atoms with E-state index in [0.29, 0.717) is 0 Å². The molecule has 10 nitrogen and oxygen atoms in total. The van der Waals surface area contributed by atoms with Gasteiger partial charge in [-0.2, -0.15) is 9.15 Å². The highest BCUT2D eigenvalue weighted by molar-refractivity contribution is 6.33. The largest absolute Gasteiger partial charge is 1.00 e. The molecule has 20 heteroatoms. The number of rotatable bonds is 10. The van der Waals surface area contributed by atoms with Crippen molar-refractivity contribution in [2.75, 3.05) is 38.0 Å². The van der Waals surface area contributed by atoms with E-state index in [9.17, 15) is 46.1 Å². The molecule has 4 aliphatic heterocycles. The van der Waals surface area contributed by atoms with Gasteiger partial charge in [-0.15, -0.1) is 0 Å². The zero-order valence-electron chi connectivity index (χ0n) is 48.1. The third-order valence-electron chi connectivity index (χ3n) is 17.1. The van der Waals surface area contributed by atoms with Gasteiger partial charge in [0.25, 0.3) is 11.4 Å². The van der Waals surface area contributed by atoms with Gasteiger partial charge in [-0.1, -0.05) is 72.8 Å². The van der Waals surface area contributed by atoms with Gasteiger partial charge < -0.3 is 19.2 Å². The van der Waals surface area contributed by atoms with Gasteiger partial charge in [0.05, 0.1) is 20.7 Å². The number of fused-ring (bicyclic) bond motifs is 8. The fraction of sp³-hybridized carbons (Fsp3) is 0.250. The van der Waals surface area contributed by atoms with Crippen LogP contribution in [0, 0.1) is 20.2 Å². The van der Waals surface area contributed by atoms with Gasteiger partial charge >= 0.3 is 15.1 Å². The molecule has 2 atom stereocenters. The second kappa shape index (κ2) is 23.9. The summed E-state index contributed by atoms with van der Waals surface area (Å²) in [6.45, 7) is 13.6. The topological polar surface area (TPSA) is 98.8 Å². The first-order chi connectivity index (χ1) is 38.7. The maximum Gasteiger partial charge on any atom is 0.762 e. The Bertz CT molecular complexity index is 3680. The molecule has 4 heterocycles. The SMILES string of the molecule is CN1C(=CC=CC2=[N+](C)c3ccc4ccc([N+](=O)[O-])cc4c3C2(C)C)C(C)(Cc2ccc(CC3(C)C(=CC=CC4=[N+](C)c5ccc6ccc([N+](=O)[O-])cc6c5C4(C)C)N(C)c4ccccc43)cc2)c2ccccc21.FB(F)F.FB(F)F.[F-].[F-]. The number of nitrogens with zero attached hydrogens (tertiary/aromatic N) is 6. The van der Waals surface area contributed by atoms with E-state index in [0.717, 1.165) is 68.3 Å². The van der Waals surface area contributed by atoms with Gasteiger partial charge in [0.2, 0.25) is 11.4 Å². The maximum atomic E-state index is 11.8. The normalized spacial score (nSPS) is 19.6. The Morgan fingerprint density at radius 3 is 1.17 bits per heavy atom. The van der Waals surface area contributed by atoms with Crippen LogP contribution < -0.4 is 19.2 Å². The maximum absolute atomic E-state index is 11.8. The highest BCUT2D eigenvalue weighted by Gasteiger charge is 2.47. The van der Waals surface area contributed by atoms with E-state index in [1.807, 2.05) is 12.1 Å². The van der Waals surface area contributed by atoms with Crippen molar-refractivity contribution in [3.63, 3.8) is 0 Å². The molecule has 0 saturated heterocycles. The van der Waals surface area contributed by atoms with Crippen molar-refractivity contribution < 1.29 is 54.3 Å². The van der Waals surface area contributed by atoms with Crippen LogP contribution in [-0.2, 0) is 34.5 Å². The van der Waals surface area contributed by atoms with Crippen LogP contribution >= 0.6 is 0 Å². The lowest BCUT2D eigenvalue weighted by atomic mass is 9.75. The van der Waals surface area contributed by atoms with Gasteiger partial charge in [0.1, 0.15) is 14.1 Å². The van der Waals surface area contributed by atoms with Crippen LogP contribution in [0.1, 0.15) is 74.9 Å². The summed E-state index contributed by atoms with van der Waals surface area (Å²) in [4.78, 5) is 27.7. The average Bonchev–Trinajstić information content (AvgIpc) is 2.72. The molecule has 0 saturated carbocycles. The first-order valence-corrected chi connectivity index (χ1v) is 26.7. The number of allylic oxidation sites excluding steroid dienone is 8. The summed E-state index contributed by atoms with van der Waals surface area (Å²) in [5, 5.41) is 27.5. The van der Waals surface area contributed by atoms with E-state index in [2.05, 4.69) is 222 Å². The van der Waals surface area contributed by atoms with E-state index in [1.54, 1.807) is 24.3 Å². The number of likely N-dealkylation sites (N-methyl/N-ethyl adjacent to an activating group) is 2. The van der Waals surface area contributed by atoms with Gasteiger partial charge in [-0.25, -0.2) is 0 Å². The number of halogens is 8. The van der Waals surface area contributed by atoms with Crippen LogP contribution in [0.5, 0.6) is 0 Å². The van der Waals surface area contributed by atoms with Crippen LogP contribution in [0.25, 0.3) is 21.5 Å². The van der Waals surface area contributed by atoms with Crippen molar-refractivity contribution in [3.8, 4) is 0 Å². The lowest BCUT2D eigenvalue weighted by Crippen LogP contribution is -3.00. The summed E-state index contributed by atoms with van der Waals surface area (Å²) in [7, 11) is 1.18. The second-order valence-electron chi connectivity index (χ2n) is 22.7. The zero-order valence-corrected chi connectivity index (χ0v) is 48.1. The first-order valence-electron chi connectivity index (χ1n) is 26.7. The molecule has 0 amide bonds. The molecule has 11 rings (SSSR count). The van der Waals surface area contributed by atoms with Crippen LogP contribution in [0.2, 0.25) is 0 Å². The lowest BCUT2D eigenvalue weighted by molar-refractivity contribution is -0.401. The molecule has 0 N–H and O–H groups in total. The number of non-ortho nitro benzene ring substituents is 2. The lowest BCUT2D eigenvalue weighted by Gasteiger charge is -2.30. The third kappa shape index (κ3) is 11.2. The van der Waals surface area contributed by atoms with Crippen LogP contribution in [0.3, 0.4) is 0 Å². The molecular formula is C64H62B2F8N6O4. The minimum atomic E-state index is -3.67. The molecule has 7 aromatic carbocycles. The van der Waals surface area contributed by atoms with E-state index < -0.39 is 25.9 Å². The number of benzene rings is 7. The molecule has 84 heavy (non-hydrogen) atoms. The van der Waals surface area contributed by atoms with E-state index in [4.69, 9.17) is 0 Å². The van der Waals surface area contributed by atoms with Crippen molar-refractivity contribution in [1.29, 1.82) is 0 Å². The summed E-state index contributed by atoms with van der Waals surface area (Å²) < 4.78 is 62.5. The van der Waals surface area contributed by atoms with Crippen molar-refractivity contribution in [2.24, 2.45) is 0 Å². The van der Waals surface area contributed by atoms with Crippen molar-refractivity contribution >= 4 is 82.2 Å². The number of hydrogen-bond donors (Lipinski definition) is 0. The predicted molar refractivity (Wildman–Crippen MR) is 320 cm³/mol. The average molecular weight is 1150 g/mol. The Balaban J connectivity index is 0.000000953. The number of para-hydroxylation sites is 2. The number of nitro groups is 2. The molecule has 0 bridgehead atoms. The molecule has 0 aliphatic carbocycles. The van der Waals surface area contributed by atoms with Crippen LogP contribution in [-0.4, -0.2) is 73.7 Å². The summed E-state index contributed by atoms with van der Waals surface area (Å²) in [5.74, 6) is 0. The second-order valence-corrected chi connectivity index (χ2v) is 22.7. The van der Waals surface area contributed by atoms with E-state index in [1.165, 1.54) is 45.0 Å². The Morgan fingerprint density at radius 2 is 0.833 bits per heavy atom. The Hall–Kier alpha value is -8.67.